The van der Waals surface area contributed by atoms with Crippen LogP contribution in [0.2, 0.25) is 0 Å². The van der Waals surface area contributed by atoms with E-state index in [1.54, 1.807) is 24.4 Å². The first-order chi connectivity index (χ1) is 17.3. The molecule has 37 heavy (non-hydrogen) atoms. The van der Waals surface area contributed by atoms with Crippen molar-refractivity contribution in [3.8, 4) is 5.75 Å². The molecule has 2 aliphatic heterocycles. The Hall–Kier alpha value is -3.02. The number of nitrogens with zero attached hydrogens (tertiary/aromatic N) is 2. The lowest BCUT2D eigenvalue weighted by Gasteiger charge is -2.29. The molecule has 1 aromatic heterocycles. The first-order valence-electron chi connectivity index (χ1n) is 11.4. The van der Waals surface area contributed by atoms with Crippen molar-refractivity contribution in [3.63, 3.8) is 0 Å². The van der Waals surface area contributed by atoms with Gasteiger partial charge in [0.15, 0.2) is 0 Å². The third-order valence-corrected chi connectivity index (χ3v) is 7.52. The van der Waals surface area contributed by atoms with Crippen LogP contribution in [0, 0.1) is 0 Å². The first-order valence-corrected chi connectivity index (χ1v) is 12.2. The molecule has 196 valence electrons. The molecular formula is C25H24ClF3N4O3S. The second-order valence-corrected chi connectivity index (χ2v) is 9.66. The Labute approximate surface area is 221 Å². The maximum absolute atomic E-state index is 14.0. The van der Waals surface area contributed by atoms with E-state index in [4.69, 9.17) is 4.74 Å². The number of benzene rings is 2. The van der Waals surface area contributed by atoms with Crippen LogP contribution < -0.4 is 10.1 Å². The lowest BCUT2D eigenvalue weighted by molar-refractivity contribution is -0.138. The number of aromatic amines is 1. The Bertz CT molecular complexity index is 1370. The lowest BCUT2D eigenvalue weighted by atomic mass is 9.93. The predicted molar refractivity (Wildman–Crippen MR) is 138 cm³/mol. The molecule has 2 saturated heterocycles. The first kappa shape index (κ1) is 27.0. The molecule has 0 bridgehead atoms. The largest absolute Gasteiger partial charge is 0.497 e. The maximum Gasteiger partial charge on any atom is 0.416 e. The van der Waals surface area contributed by atoms with E-state index < -0.39 is 22.9 Å². The molecule has 3 aromatic rings. The van der Waals surface area contributed by atoms with Crippen molar-refractivity contribution >= 4 is 51.8 Å². The molecule has 2 aromatic carbocycles. The summed E-state index contributed by atoms with van der Waals surface area (Å²) in [5.74, 6) is -0.375. The van der Waals surface area contributed by atoms with E-state index in [1.807, 2.05) is 0 Å². The van der Waals surface area contributed by atoms with Gasteiger partial charge in [-0.15, -0.1) is 12.4 Å². The summed E-state index contributed by atoms with van der Waals surface area (Å²) in [6.45, 7) is 1.38. The van der Waals surface area contributed by atoms with Crippen molar-refractivity contribution in [1.29, 1.82) is 0 Å². The highest BCUT2D eigenvalue weighted by Gasteiger charge is 2.42. The van der Waals surface area contributed by atoms with Crippen LogP contribution >= 0.6 is 24.2 Å². The van der Waals surface area contributed by atoms with Gasteiger partial charge in [-0.05, 0) is 85.1 Å². The van der Waals surface area contributed by atoms with E-state index in [2.05, 4.69) is 15.5 Å². The van der Waals surface area contributed by atoms with Crippen LogP contribution in [0.1, 0.15) is 29.5 Å². The number of rotatable bonds is 5. The molecule has 2 fully saturated rings. The van der Waals surface area contributed by atoms with Gasteiger partial charge in [0.05, 0.1) is 29.3 Å². The van der Waals surface area contributed by atoms with Gasteiger partial charge in [0.2, 0.25) is 0 Å². The smallest absolute Gasteiger partial charge is 0.416 e. The van der Waals surface area contributed by atoms with Crippen LogP contribution in [0.5, 0.6) is 5.75 Å². The van der Waals surface area contributed by atoms with Gasteiger partial charge in [-0.1, -0.05) is 12.1 Å². The van der Waals surface area contributed by atoms with Gasteiger partial charge < -0.3 is 10.1 Å². The number of ether oxygens (including phenoxy) is 1. The minimum Gasteiger partial charge on any atom is -0.497 e. The van der Waals surface area contributed by atoms with Crippen LogP contribution in [0.3, 0.4) is 0 Å². The van der Waals surface area contributed by atoms with E-state index >= 15 is 0 Å². The molecule has 0 saturated carbocycles. The quantitative estimate of drug-likeness (QED) is 0.411. The highest BCUT2D eigenvalue weighted by atomic mass is 35.5. The topological polar surface area (TPSA) is 87.3 Å². The molecule has 0 unspecified atom stereocenters. The van der Waals surface area contributed by atoms with Crippen LogP contribution in [0.4, 0.5) is 18.0 Å². The summed E-state index contributed by atoms with van der Waals surface area (Å²) in [5, 5.41) is 10.4. The van der Waals surface area contributed by atoms with E-state index in [-0.39, 0.29) is 41.1 Å². The Kier molecular flexibility index (Phi) is 7.86. The van der Waals surface area contributed by atoms with E-state index in [0.717, 1.165) is 28.7 Å². The van der Waals surface area contributed by atoms with Crippen LogP contribution in [-0.4, -0.2) is 52.5 Å². The number of fused-ring (bicyclic) bond motifs is 1. The molecule has 0 spiro atoms. The van der Waals surface area contributed by atoms with Gasteiger partial charge >= 0.3 is 6.18 Å². The Morgan fingerprint density at radius 2 is 1.92 bits per heavy atom. The van der Waals surface area contributed by atoms with Crippen molar-refractivity contribution in [2.24, 2.45) is 0 Å². The molecule has 2 aliphatic rings. The summed E-state index contributed by atoms with van der Waals surface area (Å²) >= 11 is 0.793. The van der Waals surface area contributed by atoms with Gasteiger partial charge in [-0.3, -0.25) is 19.6 Å². The monoisotopic (exact) mass is 552 g/mol. The number of methoxy groups -OCH3 is 1. The van der Waals surface area contributed by atoms with E-state index in [9.17, 15) is 22.8 Å². The Morgan fingerprint density at radius 3 is 2.62 bits per heavy atom. The molecule has 2 amide bonds. The van der Waals surface area contributed by atoms with Gasteiger partial charge in [0.1, 0.15) is 5.75 Å². The number of thioether (sulfide) groups is 1. The van der Waals surface area contributed by atoms with Crippen LogP contribution in [0.25, 0.3) is 16.5 Å². The number of halogens is 4. The summed E-state index contributed by atoms with van der Waals surface area (Å²) in [6.07, 6.45) is -1.94. The highest BCUT2D eigenvalue weighted by molar-refractivity contribution is 8.18. The molecule has 3 heterocycles. The molecular weight excluding hydrogens is 529 g/mol. The molecule has 12 heteroatoms. The second-order valence-electron chi connectivity index (χ2n) is 8.70. The summed E-state index contributed by atoms with van der Waals surface area (Å²) in [6, 6.07) is 8.78. The zero-order chi connectivity index (χ0) is 25.4. The fourth-order valence-electron chi connectivity index (χ4n) is 4.68. The number of carbonyl (C=O) groups excluding carboxylic acids is 2. The molecule has 5 rings (SSSR count). The van der Waals surface area contributed by atoms with Crippen molar-refractivity contribution in [3.05, 3.63) is 64.2 Å². The number of allylic oxidation sites excluding steroid dienone is 1. The normalized spacial score (nSPS) is 18.3. The summed E-state index contributed by atoms with van der Waals surface area (Å²) < 4.78 is 47.0. The molecule has 0 atom stereocenters. The average Bonchev–Trinajstić information content (AvgIpc) is 3.45. The summed E-state index contributed by atoms with van der Waals surface area (Å²) in [4.78, 5) is 28.0. The average molecular weight is 553 g/mol. The van der Waals surface area contributed by atoms with E-state index in [1.165, 1.54) is 24.1 Å². The third-order valence-electron chi connectivity index (χ3n) is 6.53. The number of hydrogen-bond donors (Lipinski definition) is 2. The number of imide groups is 1. The Morgan fingerprint density at radius 1 is 1.16 bits per heavy atom. The van der Waals surface area contributed by atoms with Crippen LogP contribution in [-0.2, 0) is 17.4 Å². The molecule has 0 radical (unpaired) electrons. The number of alkyl halides is 3. The number of hydrogen-bond acceptors (Lipinski definition) is 6. The fraction of sp³-hybridized carbons (Fsp3) is 0.320. The maximum atomic E-state index is 14.0. The van der Waals surface area contributed by atoms with Gasteiger partial charge in [-0.2, -0.15) is 18.3 Å². The van der Waals surface area contributed by atoms with Crippen molar-refractivity contribution in [1.82, 2.24) is 20.4 Å². The zero-order valence-corrected chi connectivity index (χ0v) is 21.4. The Balaban J connectivity index is 0.00000320. The van der Waals surface area contributed by atoms with Crippen molar-refractivity contribution < 1.29 is 27.5 Å². The number of amides is 2. The third kappa shape index (κ3) is 5.34. The minimum absolute atomic E-state index is 0. The van der Waals surface area contributed by atoms with E-state index in [0.29, 0.717) is 37.1 Å². The van der Waals surface area contributed by atoms with Gasteiger partial charge in [-0.25, -0.2) is 0 Å². The summed E-state index contributed by atoms with van der Waals surface area (Å²) in [7, 11) is 1.30. The number of nitrogens with one attached hydrogen (secondary N) is 2. The zero-order valence-electron chi connectivity index (χ0n) is 19.7. The fourth-order valence-corrected chi connectivity index (χ4v) is 5.68. The molecule has 0 aliphatic carbocycles. The van der Waals surface area contributed by atoms with Gasteiger partial charge in [0, 0.05) is 11.4 Å². The van der Waals surface area contributed by atoms with Crippen molar-refractivity contribution in [2.45, 2.75) is 31.5 Å². The van der Waals surface area contributed by atoms with Crippen LogP contribution in [0.15, 0.2) is 47.5 Å². The highest BCUT2D eigenvalue weighted by Crippen LogP contribution is 2.42. The SMILES string of the molecule is COc1ccc(C/C(=C2/SC(=O)N(C3CCNCC3)C2=O)c2ccc3[nH]ncc3c2)c(C(F)(F)F)c1.Cl. The minimum atomic E-state index is -4.63. The van der Waals surface area contributed by atoms with Gasteiger partial charge in [0.25, 0.3) is 11.1 Å². The van der Waals surface area contributed by atoms with Crippen molar-refractivity contribution in [2.75, 3.05) is 20.2 Å². The molecule has 7 nitrogen and oxygen atoms in total. The number of carbonyl (C=O) groups is 2. The standard InChI is InChI=1S/C25H23F3N4O3S.ClH/c1-35-18-4-2-15(20(12-18)25(26,27)28)11-19(14-3-5-21-16(10-14)13-30-31-21)22-23(33)32(24(34)36-22)17-6-8-29-9-7-17;/h2-5,10,12-13,17,29H,6-9,11H2,1H3,(H,30,31);1H/b22-19-;. The molecule has 2 N–H and O–H groups in total. The second kappa shape index (κ2) is 10.8. The lowest BCUT2D eigenvalue weighted by Crippen LogP contribution is -2.45. The predicted octanol–water partition coefficient (Wildman–Crippen LogP) is 5.41. The number of piperidine rings is 1. The number of aromatic nitrogens is 2. The number of H-pyrrole nitrogens is 1. The summed E-state index contributed by atoms with van der Waals surface area (Å²) in [5.41, 5.74) is 0.819.